The van der Waals surface area contributed by atoms with E-state index in [9.17, 15) is 9.18 Å². The smallest absolute Gasteiger partial charge is 0.303 e. The molecule has 0 saturated heterocycles. The maximum absolute atomic E-state index is 13.2. The molecule has 0 radical (unpaired) electrons. The van der Waals surface area contributed by atoms with Gasteiger partial charge < -0.3 is 5.11 Å². The molecule has 0 atom stereocenters. The molecule has 0 bridgehead atoms. The lowest BCUT2D eigenvalue weighted by atomic mass is 10.2. The van der Waals surface area contributed by atoms with Gasteiger partial charge in [-0.3, -0.25) is 9.48 Å². The molecule has 1 N–H and O–H groups in total. The van der Waals surface area contributed by atoms with E-state index >= 15 is 0 Å². The molecule has 0 aliphatic rings. The van der Waals surface area contributed by atoms with Gasteiger partial charge in [0.25, 0.3) is 0 Å². The van der Waals surface area contributed by atoms with Gasteiger partial charge in [0.2, 0.25) is 0 Å². The van der Waals surface area contributed by atoms with Gasteiger partial charge >= 0.3 is 5.97 Å². The van der Waals surface area contributed by atoms with Gasteiger partial charge in [-0.1, -0.05) is 0 Å². The fourth-order valence-corrected chi connectivity index (χ4v) is 1.26. The number of rotatable bonds is 5. The lowest BCUT2D eigenvalue weighted by Gasteiger charge is -2.13. The van der Waals surface area contributed by atoms with Crippen LogP contribution in [0, 0.1) is 0 Å². The maximum Gasteiger partial charge on any atom is 0.303 e. The van der Waals surface area contributed by atoms with Crippen LogP contribution in [0.1, 0.15) is 25.8 Å². The quantitative estimate of drug-likeness (QED) is 0.810. The van der Waals surface area contributed by atoms with Crippen molar-refractivity contribution >= 4 is 5.97 Å². The molecule has 0 fully saturated rings. The second-order valence-corrected chi connectivity index (χ2v) is 4.16. The first-order valence-corrected chi connectivity index (χ1v) is 4.79. The average molecular weight is 214 g/mol. The molecule has 0 saturated carbocycles. The Kier molecular flexibility index (Phi) is 3.44. The van der Waals surface area contributed by atoms with Crippen LogP contribution in [0.25, 0.3) is 0 Å². The van der Waals surface area contributed by atoms with Crippen LogP contribution < -0.4 is 0 Å². The summed E-state index contributed by atoms with van der Waals surface area (Å²) in [6.07, 6.45) is 3.77. The van der Waals surface area contributed by atoms with Crippen molar-refractivity contribution in [3.05, 3.63) is 18.0 Å². The molecule has 5 heteroatoms. The normalized spacial score (nSPS) is 11.7. The lowest BCUT2D eigenvalue weighted by Crippen LogP contribution is -2.21. The highest BCUT2D eigenvalue weighted by atomic mass is 19.1. The van der Waals surface area contributed by atoms with Crippen LogP contribution in [0.5, 0.6) is 0 Å². The SMILES string of the molecule is CC(C)(F)Cn1cc(CCC(=O)O)cn1. The number of hydrogen-bond acceptors (Lipinski definition) is 2. The molecule has 0 amide bonds. The molecule has 0 spiro atoms. The van der Waals surface area contributed by atoms with E-state index in [0.29, 0.717) is 6.42 Å². The molecule has 0 aliphatic heterocycles. The number of halogens is 1. The molecule has 0 aromatic carbocycles. The Balaban J connectivity index is 2.53. The second-order valence-electron chi connectivity index (χ2n) is 4.16. The maximum atomic E-state index is 13.2. The first-order chi connectivity index (χ1) is 6.87. The second kappa shape index (κ2) is 4.42. The summed E-state index contributed by atoms with van der Waals surface area (Å²) in [5, 5.41) is 12.4. The van der Waals surface area contributed by atoms with Gasteiger partial charge in [-0.05, 0) is 25.8 Å². The van der Waals surface area contributed by atoms with Crippen molar-refractivity contribution in [3.8, 4) is 0 Å². The average Bonchev–Trinajstić information content (AvgIpc) is 2.45. The zero-order valence-corrected chi connectivity index (χ0v) is 8.90. The van der Waals surface area contributed by atoms with Crippen molar-refractivity contribution in [1.29, 1.82) is 0 Å². The van der Waals surface area contributed by atoms with E-state index in [-0.39, 0.29) is 13.0 Å². The van der Waals surface area contributed by atoms with Crippen LogP contribution in [0.3, 0.4) is 0 Å². The minimum Gasteiger partial charge on any atom is -0.481 e. The highest BCUT2D eigenvalue weighted by Gasteiger charge is 2.16. The highest BCUT2D eigenvalue weighted by molar-refractivity contribution is 5.67. The van der Waals surface area contributed by atoms with Crippen molar-refractivity contribution in [3.63, 3.8) is 0 Å². The number of carboxylic acids is 1. The molecule has 84 valence electrons. The van der Waals surface area contributed by atoms with E-state index < -0.39 is 11.6 Å². The summed E-state index contributed by atoms with van der Waals surface area (Å²) in [5.74, 6) is -0.839. The number of carbonyl (C=O) groups is 1. The molecule has 0 aliphatic carbocycles. The third-order valence-electron chi connectivity index (χ3n) is 1.85. The Morgan fingerprint density at radius 2 is 2.33 bits per heavy atom. The van der Waals surface area contributed by atoms with Crippen LogP contribution in [0.15, 0.2) is 12.4 Å². The van der Waals surface area contributed by atoms with Gasteiger partial charge in [0, 0.05) is 12.6 Å². The van der Waals surface area contributed by atoms with Crippen LogP contribution >= 0.6 is 0 Å². The van der Waals surface area contributed by atoms with Gasteiger partial charge in [0.15, 0.2) is 0 Å². The number of aryl methyl sites for hydroxylation is 1. The van der Waals surface area contributed by atoms with Gasteiger partial charge in [-0.2, -0.15) is 5.10 Å². The molecule has 0 unspecified atom stereocenters. The monoisotopic (exact) mass is 214 g/mol. The van der Waals surface area contributed by atoms with Crippen LogP contribution in [0.2, 0.25) is 0 Å². The zero-order chi connectivity index (χ0) is 11.5. The third-order valence-corrected chi connectivity index (χ3v) is 1.85. The summed E-state index contributed by atoms with van der Waals surface area (Å²) in [7, 11) is 0. The fourth-order valence-electron chi connectivity index (χ4n) is 1.26. The summed E-state index contributed by atoms with van der Waals surface area (Å²) in [5.41, 5.74) is -0.488. The number of aliphatic carboxylic acids is 1. The van der Waals surface area contributed by atoms with Crippen LogP contribution in [0.4, 0.5) is 4.39 Å². The summed E-state index contributed by atoms with van der Waals surface area (Å²) >= 11 is 0. The Morgan fingerprint density at radius 1 is 1.67 bits per heavy atom. The minimum atomic E-state index is -1.31. The Bertz CT molecular complexity index is 341. The Morgan fingerprint density at radius 3 is 2.87 bits per heavy atom. The number of carboxylic acid groups (broad SMARTS) is 1. The fraction of sp³-hybridized carbons (Fsp3) is 0.600. The standard InChI is InChI=1S/C10H15FN2O2/c1-10(2,11)7-13-6-8(5-12-13)3-4-9(14)15/h5-6H,3-4,7H2,1-2H3,(H,14,15). The van der Waals surface area contributed by atoms with Crippen molar-refractivity contribution in [2.75, 3.05) is 0 Å². The largest absolute Gasteiger partial charge is 0.481 e. The number of alkyl halides is 1. The first-order valence-electron chi connectivity index (χ1n) is 4.79. The predicted molar refractivity (Wildman–Crippen MR) is 53.4 cm³/mol. The van der Waals surface area contributed by atoms with E-state index in [1.807, 2.05) is 0 Å². The van der Waals surface area contributed by atoms with Crippen LogP contribution in [-0.4, -0.2) is 26.5 Å². The van der Waals surface area contributed by atoms with Crippen molar-refractivity contribution in [2.24, 2.45) is 0 Å². The molecule has 15 heavy (non-hydrogen) atoms. The molecule has 1 aromatic heterocycles. The van der Waals surface area contributed by atoms with E-state index in [1.54, 1.807) is 12.4 Å². The Hall–Kier alpha value is -1.39. The van der Waals surface area contributed by atoms with Crippen molar-refractivity contribution in [1.82, 2.24) is 9.78 Å². The number of nitrogens with zero attached hydrogens (tertiary/aromatic N) is 2. The van der Waals surface area contributed by atoms with Crippen molar-refractivity contribution in [2.45, 2.75) is 38.9 Å². The van der Waals surface area contributed by atoms with Crippen LogP contribution in [-0.2, 0) is 17.8 Å². The lowest BCUT2D eigenvalue weighted by molar-refractivity contribution is -0.136. The molecule has 1 rings (SSSR count). The van der Waals surface area contributed by atoms with Gasteiger partial charge in [0.1, 0.15) is 5.67 Å². The Labute approximate surface area is 87.7 Å². The van der Waals surface area contributed by atoms with Crippen molar-refractivity contribution < 1.29 is 14.3 Å². The molecular formula is C10H15FN2O2. The molecular weight excluding hydrogens is 199 g/mol. The first kappa shape index (κ1) is 11.7. The summed E-state index contributed by atoms with van der Waals surface area (Å²) in [4.78, 5) is 10.3. The van der Waals surface area contributed by atoms with Gasteiger partial charge in [-0.25, -0.2) is 4.39 Å². The third kappa shape index (κ3) is 4.58. The molecule has 1 aromatic rings. The predicted octanol–water partition coefficient (Wildman–Crippen LogP) is 1.65. The minimum absolute atomic E-state index is 0.0741. The summed E-state index contributed by atoms with van der Waals surface area (Å²) in [6, 6.07) is 0. The highest BCUT2D eigenvalue weighted by Crippen LogP contribution is 2.12. The molecule has 1 heterocycles. The summed E-state index contributed by atoms with van der Waals surface area (Å²) in [6.45, 7) is 3.14. The van der Waals surface area contributed by atoms with Gasteiger partial charge in [0.05, 0.1) is 12.7 Å². The van der Waals surface area contributed by atoms with E-state index in [4.69, 9.17) is 5.11 Å². The summed E-state index contributed by atoms with van der Waals surface area (Å²) < 4.78 is 14.7. The zero-order valence-electron chi connectivity index (χ0n) is 8.90. The number of hydrogen-bond donors (Lipinski definition) is 1. The van der Waals surface area contributed by atoms with E-state index in [2.05, 4.69) is 5.10 Å². The number of aromatic nitrogens is 2. The van der Waals surface area contributed by atoms with E-state index in [0.717, 1.165) is 5.56 Å². The van der Waals surface area contributed by atoms with E-state index in [1.165, 1.54) is 18.5 Å². The van der Waals surface area contributed by atoms with Gasteiger partial charge in [-0.15, -0.1) is 0 Å². The topological polar surface area (TPSA) is 55.1 Å². The molecule has 4 nitrogen and oxygen atoms in total.